The summed E-state index contributed by atoms with van der Waals surface area (Å²) in [6, 6.07) is 6.01. The number of nitrogens with zero attached hydrogens (tertiary/aromatic N) is 1. The molecule has 1 aliphatic heterocycles. The van der Waals surface area contributed by atoms with Crippen LogP contribution in [-0.4, -0.2) is 19.1 Å². The predicted octanol–water partition coefficient (Wildman–Crippen LogP) is 4.12. The van der Waals surface area contributed by atoms with Gasteiger partial charge in [0.2, 0.25) is 0 Å². The molecular weight excluding hydrogens is 251 g/mol. The molecule has 1 aromatic carbocycles. The molecule has 0 amide bonds. The highest BCUT2D eigenvalue weighted by molar-refractivity contribution is 5.56. The van der Waals surface area contributed by atoms with Gasteiger partial charge in [0.1, 0.15) is 5.82 Å². The lowest BCUT2D eigenvalue weighted by Crippen LogP contribution is -2.42. The zero-order chi connectivity index (χ0) is 14.7. The molecule has 2 nitrogen and oxygen atoms in total. The summed E-state index contributed by atoms with van der Waals surface area (Å²) in [5.74, 6) is 0.582. The van der Waals surface area contributed by atoms with Crippen molar-refractivity contribution in [1.82, 2.24) is 5.32 Å². The summed E-state index contributed by atoms with van der Waals surface area (Å²) in [6.45, 7) is 10.5. The monoisotopic (exact) mass is 278 g/mol. The Morgan fingerprint density at radius 1 is 1.35 bits per heavy atom. The Morgan fingerprint density at radius 2 is 2.10 bits per heavy atom. The van der Waals surface area contributed by atoms with Crippen LogP contribution in [0.15, 0.2) is 18.2 Å². The highest BCUT2D eigenvalue weighted by Gasteiger charge is 2.27. The number of rotatable bonds is 4. The van der Waals surface area contributed by atoms with Crippen molar-refractivity contribution in [2.75, 3.05) is 18.0 Å². The summed E-state index contributed by atoms with van der Waals surface area (Å²) < 4.78 is 14.3. The van der Waals surface area contributed by atoms with Gasteiger partial charge in [-0.1, -0.05) is 19.9 Å². The zero-order valence-corrected chi connectivity index (χ0v) is 13.1. The van der Waals surface area contributed by atoms with Gasteiger partial charge in [0, 0.05) is 29.9 Å². The average Bonchev–Trinajstić information content (AvgIpc) is 2.41. The highest BCUT2D eigenvalue weighted by atomic mass is 19.1. The first-order valence-electron chi connectivity index (χ1n) is 7.83. The number of hydrogen-bond donors (Lipinski definition) is 1. The third-order valence-electron chi connectivity index (χ3n) is 4.40. The van der Waals surface area contributed by atoms with Crippen LogP contribution in [0.25, 0.3) is 0 Å². The van der Waals surface area contributed by atoms with Gasteiger partial charge in [0.15, 0.2) is 0 Å². The summed E-state index contributed by atoms with van der Waals surface area (Å²) in [5.41, 5.74) is 1.88. The third-order valence-corrected chi connectivity index (χ3v) is 4.40. The molecule has 3 unspecified atom stereocenters. The van der Waals surface area contributed by atoms with E-state index >= 15 is 0 Å². The highest BCUT2D eigenvalue weighted by Crippen LogP contribution is 2.34. The van der Waals surface area contributed by atoms with E-state index in [-0.39, 0.29) is 11.9 Å². The molecule has 1 heterocycles. The van der Waals surface area contributed by atoms with Gasteiger partial charge >= 0.3 is 0 Å². The smallest absolute Gasteiger partial charge is 0.130 e. The second kappa shape index (κ2) is 6.57. The minimum Gasteiger partial charge on any atom is -0.368 e. The van der Waals surface area contributed by atoms with E-state index in [1.807, 2.05) is 13.0 Å². The Morgan fingerprint density at radius 3 is 2.80 bits per heavy atom. The van der Waals surface area contributed by atoms with Crippen molar-refractivity contribution in [3.05, 3.63) is 29.6 Å². The van der Waals surface area contributed by atoms with Crippen LogP contribution in [0.5, 0.6) is 0 Å². The van der Waals surface area contributed by atoms with Crippen LogP contribution < -0.4 is 10.2 Å². The molecule has 0 radical (unpaired) electrons. The van der Waals surface area contributed by atoms with Crippen LogP contribution in [-0.2, 0) is 0 Å². The molecule has 3 atom stereocenters. The number of anilines is 1. The summed E-state index contributed by atoms with van der Waals surface area (Å²) in [4.78, 5) is 2.39. The fourth-order valence-corrected chi connectivity index (χ4v) is 3.24. The molecular formula is C17H27FN2. The maximum Gasteiger partial charge on any atom is 0.130 e. The number of hydrogen-bond acceptors (Lipinski definition) is 2. The van der Waals surface area contributed by atoms with Crippen LogP contribution in [0.3, 0.4) is 0 Å². The molecule has 1 aliphatic rings. The first-order valence-corrected chi connectivity index (χ1v) is 7.83. The fraction of sp³-hybridized carbons (Fsp3) is 0.647. The minimum absolute atomic E-state index is 0.0423. The molecule has 20 heavy (non-hydrogen) atoms. The van der Waals surface area contributed by atoms with Crippen LogP contribution in [0, 0.1) is 11.7 Å². The largest absolute Gasteiger partial charge is 0.368 e. The van der Waals surface area contributed by atoms with Crippen molar-refractivity contribution in [2.24, 2.45) is 5.92 Å². The van der Waals surface area contributed by atoms with Gasteiger partial charge in [-0.05, 0) is 51.3 Å². The van der Waals surface area contributed by atoms with Gasteiger partial charge in [0.25, 0.3) is 0 Å². The summed E-state index contributed by atoms with van der Waals surface area (Å²) >= 11 is 0. The molecule has 3 heteroatoms. The van der Waals surface area contributed by atoms with Crippen LogP contribution in [0.4, 0.5) is 10.1 Å². The van der Waals surface area contributed by atoms with Crippen LogP contribution in [0.1, 0.15) is 52.1 Å². The quantitative estimate of drug-likeness (QED) is 0.891. The van der Waals surface area contributed by atoms with Gasteiger partial charge in [-0.3, -0.25) is 0 Å². The first kappa shape index (κ1) is 15.3. The Hall–Kier alpha value is -1.09. The number of benzene rings is 1. The van der Waals surface area contributed by atoms with E-state index in [4.69, 9.17) is 0 Å². The molecule has 0 spiro atoms. The lowest BCUT2D eigenvalue weighted by molar-refractivity contribution is 0.388. The number of halogens is 1. The van der Waals surface area contributed by atoms with Gasteiger partial charge in [-0.25, -0.2) is 4.39 Å². The minimum atomic E-state index is -0.0959. The Labute approximate surface area is 122 Å². The van der Waals surface area contributed by atoms with Crippen LogP contribution in [0.2, 0.25) is 0 Å². The zero-order valence-electron chi connectivity index (χ0n) is 13.1. The Kier molecular flexibility index (Phi) is 5.03. The van der Waals surface area contributed by atoms with Crippen LogP contribution >= 0.6 is 0 Å². The van der Waals surface area contributed by atoms with E-state index in [1.165, 1.54) is 12.8 Å². The van der Waals surface area contributed by atoms with Crippen molar-refractivity contribution >= 4 is 5.69 Å². The molecule has 0 bridgehead atoms. The maximum atomic E-state index is 14.3. The molecule has 2 rings (SSSR count). The van der Waals surface area contributed by atoms with E-state index in [0.29, 0.717) is 12.0 Å². The molecule has 1 aromatic rings. The lowest BCUT2D eigenvalue weighted by atomic mass is 9.93. The molecule has 0 aromatic heterocycles. The molecule has 0 saturated carbocycles. The Balaban J connectivity index is 2.37. The molecule has 1 saturated heterocycles. The third kappa shape index (κ3) is 3.14. The number of piperidine rings is 1. The van der Waals surface area contributed by atoms with E-state index < -0.39 is 0 Å². The normalized spacial score (nSPS) is 24.8. The van der Waals surface area contributed by atoms with Crippen molar-refractivity contribution in [3.63, 3.8) is 0 Å². The van der Waals surface area contributed by atoms with Crippen molar-refractivity contribution in [2.45, 2.75) is 52.6 Å². The fourth-order valence-electron chi connectivity index (χ4n) is 3.24. The second-order valence-corrected chi connectivity index (χ2v) is 6.14. The first-order chi connectivity index (χ1) is 9.54. The standard InChI is InChI=1S/C17H27FN2/c1-5-19-14(4)17-15(18)7-6-8-16(17)20-11-12(2)9-10-13(20)3/h6-8,12-14,19H,5,9-11H2,1-4H3. The van der Waals surface area contributed by atoms with Crippen molar-refractivity contribution in [1.29, 1.82) is 0 Å². The summed E-state index contributed by atoms with van der Waals surface area (Å²) in [5, 5.41) is 3.34. The van der Waals surface area contributed by atoms with E-state index in [1.54, 1.807) is 6.07 Å². The Bertz CT molecular complexity index is 447. The molecule has 1 N–H and O–H groups in total. The molecule has 1 fully saturated rings. The topological polar surface area (TPSA) is 15.3 Å². The second-order valence-electron chi connectivity index (χ2n) is 6.14. The van der Waals surface area contributed by atoms with E-state index in [2.05, 4.69) is 37.1 Å². The van der Waals surface area contributed by atoms with Crippen molar-refractivity contribution in [3.8, 4) is 0 Å². The summed E-state index contributed by atoms with van der Waals surface area (Å²) in [7, 11) is 0. The van der Waals surface area contributed by atoms with E-state index in [0.717, 1.165) is 24.3 Å². The van der Waals surface area contributed by atoms with Gasteiger partial charge in [0.05, 0.1) is 0 Å². The van der Waals surface area contributed by atoms with Gasteiger partial charge in [-0.2, -0.15) is 0 Å². The molecule has 112 valence electrons. The lowest BCUT2D eigenvalue weighted by Gasteiger charge is -2.40. The average molecular weight is 278 g/mol. The maximum absolute atomic E-state index is 14.3. The summed E-state index contributed by atoms with van der Waals surface area (Å²) in [6.07, 6.45) is 2.46. The van der Waals surface area contributed by atoms with E-state index in [9.17, 15) is 4.39 Å². The number of nitrogens with one attached hydrogen (secondary N) is 1. The molecule has 0 aliphatic carbocycles. The van der Waals surface area contributed by atoms with Gasteiger partial charge in [-0.15, -0.1) is 0 Å². The van der Waals surface area contributed by atoms with Crippen molar-refractivity contribution < 1.29 is 4.39 Å². The van der Waals surface area contributed by atoms with Gasteiger partial charge < -0.3 is 10.2 Å². The SMILES string of the molecule is CCNC(C)c1c(F)cccc1N1CC(C)CCC1C. The predicted molar refractivity (Wildman–Crippen MR) is 83.7 cm³/mol.